The molecule has 3 fully saturated rings. The molecule has 22 heavy (non-hydrogen) atoms. The summed E-state index contributed by atoms with van der Waals surface area (Å²) in [6.07, 6.45) is 8.94. The van der Waals surface area contributed by atoms with Crippen LogP contribution in [0.3, 0.4) is 0 Å². The summed E-state index contributed by atoms with van der Waals surface area (Å²) in [5.74, 6) is 1.02. The molecule has 0 spiro atoms. The molecule has 0 radical (unpaired) electrons. The molecule has 3 rings (SSSR count). The van der Waals surface area contributed by atoms with Crippen molar-refractivity contribution < 1.29 is 9.53 Å². The van der Waals surface area contributed by atoms with Gasteiger partial charge in [0.2, 0.25) is 0 Å². The predicted octanol–water partition coefficient (Wildman–Crippen LogP) is 3.56. The smallest absolute Gasteiger partial charge is 0.410 e. The second-order valence-corrected chi connectivity index (χ2v) is 8.61. The van der Waals surface area contributed by atoms with Gasteiger partial charge in [0.05, 0.1) is 0 Å². The summed E-state index contributed by atoms with van der Waals surface area (Å²) < 4.78 is 5.50. The summed E-state index contributed by atoms with van der Waals surface area (Å²) >= 11 is 0. The molecule has 2 aliphatic carbocycles. The summed E-state index contributed by atoms with van der Waals surface area (Å²) in [5.41, 5.74) is 0.265. The maximum atomic E-state index is 12.2. The van der Waals surface area contributed by atoms with Crippen LogP contribution in [-0.2, 0) is 4.74 Å². The number of likely N-dealkylation sites (tertiary alicyclic amines) is 1. The van der Waals surface area contributed by atoms with Gasteiger partial charge in [-0.1, -0.05) is 0 Å². The quantitative estimate of drug-likeness (QED) is 0.863. The van der Waals surface area contributed by atoms with Crippen LogP contribution >= 0.6 is 0 Å². The van der Waals surface area contributed by atoms with Crippen LogP contribution in [0.5, 0.6) is 0 Å². The highest BCUT2D eigenvalue weighted by atomic mass is 16.6. The van der Waals surface area contributed by atoms with Gasteiger partial charge in [0, 0.05) is 25.7 Å². The van der Waals surface area contributed by atoms with Crippen LogP contribution in [0.15, 0.2) is 0 Å². The Hall–Kier alpha value is -0.770. The average molecular weight is 308 g/mol. The van der Waals surface area contributed by atoms with Crippen molar-refractivity contribution in [1.29, 1.82) is 0 Å². The molecule has 0 aromatic heterocycles. The van der Waals surface area contributed by atoms with Crippen LogP contribution in [0.2, 0.25) is 0 Å². The van der Waals surface area contributed by atoms with Gasteiger partial charge in [-0.05, 0) is 77.0 Å². The van der Waals surface area contributed by atoms with E-state index >= 15 is 0 Å². The zero-order valence-corrected chi connectivity index (χ0v) is 14.5. The van der Waals surface area contributed by atoms with E-state index in [1.54, 1.807) is 0 Å². The zero-order chi connectivity index (χ0) is 15.8. The normalized spacial score (nSPS) is 28.1. The van der Waals surface area contributed by atoms with Gasteiger partial charge in [-0.15, -0.1) is 0 Å². The number of rotatable bonds is 4. The third-order valence-corrected chi connectivity index (χ3v) is 5.46. The molecule has 1 unspecified atom stereocenters. The third-order valence-electron chi connectivity index (χ3n) is 5.46. The first-order chi connectivity index (χ1) is 10.4. The van der Waals surface area contributed by atoms with Crippen molar-refractivity contribution in [2.75, 3.05) is 19.6 Å². The monoisotopic (exact) mass is 308 g/mol. The van der Waals surface area contributed by atoms with Crippen molar-refractivity contribution in [3.63, 3.8) is 0 Å². The standard InChI is InChI=1S/C18H32N2O2/c1-17(2,3)22-16(21)20-11-4-5-15(8-12-20)19-13-18(9-10-18)14-6-7-14/h14-15,19H,4-13H2,1-3H3. The predicted molar refractivity (Wildman–Crippen MR) is 87.8 cm³/mol. The Morgan fingerprint density at radius 3 is 2.50 bits per heavy atom. The molecule has 0 aromatic carbocycles. The first-order valence-electron chi connectivity index (χ1n) is 9.09. The minimum absolute atomic E-state index is 0.148. The lowest BCUT2D eigenvalue weighted by Gasteiger charge is -2.26. The minimum Gasteiger partial charge on any atom is -0.444 e. The van der Waals surface area contributed by atoms with E-state index in [0.29, 0.717) is 11.5 Å². The number of carbonyl (C=O) groups excluding carboxylic acids is 1. The molecule has 3 aliphatic rings. The van der Waals surface area contributed by atoms with E-state index in [4.69, 9.17) is 4.74 Å². The largest absolute Gasteiger partial charge is 0.444 e. The Labute approximate surface area is 135 Å². The first-order valence-corrected chi connectivity index (χ1v) is 9.09. The van der Waals surface area contributed by atoms with Gasteiger partial charge in [0.15, 0.2) is 0 Å². The molecule has 4 heteroatoms. The number of carbonyl (C=O) groups is 1. The van der Waals surface area contributed by atoms with Crippen molar-refractivity contribution in [3.05, 3.63) is 0 Å². The SMILES string of the molecule is CC(C)(C)OC(=O)N1CCCC(NCC2(C3CC3)CC2)CC1. The Kier molecular flexibility index (Phi) is 4.41. The fourth-order valence-corrected chi connectivity index (χ4v) is 3.74. The van der Waals surface area contributed by atoms with E-state index in [-0.39, 0.29) is 6.09 Å². The highest BCUT2D eigenvalue weighted by Crippen LogP contribution is 2.60. The van der Waals surface area contributed by atoms with E-state index in [2.05, 4.69) is 5.32 Å². The highest BCUT2D eigenvalue weighted by molar-refractivity contribution is 5.68. The molecule has 2 saturated carbocycles. The highest BCUT2D eigenvalue weighted by Gasteiger charge is 2.53. The van der Waals surface area contributed by atoms with E-state index in [0.717, 1.165) is 31.8 Å². The lowest BCUT2D eigenvalue weighted by molar-refractivity contribution is 0.0256. The van der Waals surface area contributed by atoms with Crippen LogP contribution in [0.25, 0.3) is 0 Å². The van der Waals surface area contributed by atoms with Gasteiger partial charge >= 0.3 is 6.09 Å². The van der Waals surface area contributed by atoms with Crippen LogP contribution in [0, 0.1) is 11.3 Å². The Morgan fingerprint density at radius 1 is 1.18 bits per heavy atom. The number of amides is 1. The van der Waals surface area contributed by atoms with Gasteiger partial charge in [-0.3, -0.25) is 0 Å². The van der Waals surface area contributed by atoms with Crippen molar-refractivity contribution >= 4 is 6.09 Å². The Morgan fingerprint density at radius 2 is 1.91 bits per heavy atom. The van der Waals surface area contributed by atoms with Gasteiger partial charge in [0.25, 0.3) is 0 Å². The summed E-state index contributed by atoms with van der Waals surface area (Å²) in [6.45, 7) is 8.65. The van der Waals surface area contributed by atoms with Gasteiger partial charge < -0.3 is 15.0 Å². The van der Waals surface area contributed by atoms with Gasteiger partial charge in [-0.2, -0.15) is 0 Å². The minimum atomic E-state index is -0.399. The van der Waals surface area contributed by atoms with E-state index in [9.17, 15) is 4.79 Å². The topological polar surface area (TPSA) is 41.6 Å². The third kappa shape index (κ3) is 4.15. The summed E-state index contributed by atoms with van der Waals surface area (Å²) in [5, 5.41) is 3.81. The lowest BCUT2D eigenvalue weighted by Crippen LogP contribution is -2.39. The van der Waals surface area contributed by atoms with Crippen LogP contribution < -0.4 is 5.32 Å². The van der Waals surface area contributed by atoms with Crippen molar-refractivity contribution in [2.45, 2.75) is 77.4 Å². The van der Waals surface area contributed by atoms with E-state index < -0.39 is 5.60 Å². The van der Waals surface area contributed by atoms with Crippen LogP contribution in [0.4, 0.5) is 4.79 Å². The van der Waals surface area contributed by atoms with Gasteiger partial charge in [-0.25, -0.2) is 4.79 Å². The molecule has 126 valence electrons. The van der Waals surface area contributed by atoms with Crippen LogP contribution in [0.1, 0.15) is 65.7 Å². The molecule has 0 bridgehead atoms. The molecule has 1 atom stereocenters. The first kappa shape index (κ1) is 16.1. The van der Waals surface area contributed by atoms with E-state index in [1.807, 2.05) is 25.7 Å². The van der Waals surface area contributed by atoms with Crippen LogP contribution in [-0.4, -0.2) is 42.3 Å². The number of nitrogens with one attached hydrogen (secondary N) is 1. The molecule has 1 N–H and O–H groups in total. The number of hydrogen-bond acceptors (Lipinski definition) is 3. The van der Waals surface area contributed by atoms with Crippen molar-refractivity contribution in [2.24, 2.45) is 11.3 Å². The zero-order valence-electron chi connectivity index (χ0n) is 14.5. The summed E-state index contributed by atoms with van der Waals surface area (Å²) in [4.78, 5) is 14.1. The Balaban J connectivity index is 1.42. The summed E-state index contributed by atoms with van der Waals surface area (Å²) in [6, 6.07) is 0.573. The molecule has 1 heterocycles. The molecular weight excluding hydrogens is 276 g/mol. The number of hydrogen-bond donors (Lipinski definition) is 1. The fourth-order valence-electron chi connectivity index (χ4n) is 3.74. The number of ether oxygens (including phenoxy) is 1. The van der Waals surface area contributed by atoms with E-state index in [1.165, 1.54) is 38.6 Å². The Bertz CT molecular complexity index is 408. The summed E-state index contributed by atoms with van der Waals surface area (Å²) in [7, 11) is 0. The molecule has 1 saturated heterocycles. The molecule has 0 aromatic rings. The van der Waals surface area contributed by atoms with Gasteiger partial charge in [0.1, 0.15) is 5.60 Å². The number of nitrogens with zero attached hydrogens (tertiary/aromatic N) is 1. The molecule has 1 amide bonds. The molecule has 4 nitrogen and oxygen atoms in total. The molecular formula is C18H32N2O2. The maximum Gasteiger partial charge on any atom is 0.410 e. The van der Waals surface area contributed by atoms with Crippen molar-refractivity contribution in [3.8, 4) is 0 Å². The second kappa shape index (κ2) is 6.03. The maximum absolute atomic E-state index is 12.2. The lowest BCUT2D eigenvalue weighted by atomic mass is 9.99. The average Bonchev–Trinajstić information content (AvgIpc) is 3.29. The molecule has 1 aliphatic heterocycles. The second-order valence-electron chi connectivity index (χ2n) is 8.61. The van der Waals surface area contributed by atoms with Crippen molar-refractivity contribution in [1.82, 2.24) is 10.2 Å². The fraction of sp³-hybridized carbons (Fsp3) is 0.944.